The smallest absolute Gasteiger partial charge is 0.421 e. The van der Waals surface area contributed by atoms with Gasteiger partial charge in [0.05, 0.1) is 13.7 Å². The van der Waals surface area contributed by atoms with Gasteiger partial charge in [-0.15, -0.1) is 0 Å². The number of hydrogen-bond acceptors (Lipinski definition) is 5. The highest BCUT2D eigenvalue weighted by atomic mass is 19.4. The molecule has 0 N–H and O–H groups in total. The Morgan fingerprint density at radius 3 is 2.35 bits per heavy atom. The van der Waals surface area contributed by atoms with E-state index in [0.29, 0.717) is 24.2 Å². The van der Waals surface area contributed by atoms with Crippen molar-refractivity contribution in [1.82, 2.24) is 9.97 Å². The van der Waals surface area contributed by atoms with Crippen molar-refractivity contribution in [3.05, 3.63) is 36.0 Å². The minimum atomic E-state index is -4.57. The van der Waals surface area contributed by atoms with E-state index in [4.69, 9.17) is 9.47 Å². The first-order chi connectivity index (χ1) is 10.9. The molecule has 0 bridgehead atoms. The minimum Gasteiger partial charge on any atom is -0.494 e. The highest BCUT2D eigenvalue weighted by Crippen LogP contribution is 2.37. The van der Waals surface area contributed by atoms with E-state index in [1.54, 1.807) is 24.3 Å². The zero-order valence-corrected chi connectivity index (χ0v) is 12.9. The number of methoxy groups -OCH3 is 1. The van der Waals surface area contributed by atoms with E-state index >= 15 is 0 Å². The standard InChI is InChI=1S/C15H16F3N3O2/c1-4-23-11-7-5-10(6-8-11)21(2)13-12(15(16,17)18)9-19-14(20-13)22-3/h5-9H,4H2,1-3H3. The average molecular weight is 327 g/mol. The largest absolute Gasteiger partial charge is 0.494 e. The van der Waals surface area contributed by atoms with E-state index in [-0.39, 0.29) is 11.8 Å². The van der Waals surface area contributed by atoms with E-state index < -0.39 is 11.7 Å². The molecule has 0 saturated heterocycles. The quantitative estimate of drug-likeness (QED) is 0.838. The molecule has 1 heterocycles. The second-order valence-electron chi connectivity index (χ2n) is 4.58. The number of hydrogen-bond donors (Lipinski definition) is 0. The molecule has 1 aromatic carbocycles. The molecular weight excluding hydrogens is 311 g/mol. The van der Waals surface area contributed by atoms with Crippen LogP contribution < -0.4 is 14.4 Å². The summed E-state index contributed by atoms with van der Waals surface area (Å²) in [6.45, 7) is 2.36. The van der Waals surface area contributed by atoms with Crippen molar-refractivity contribution in [2.24, 2.45) is 0 Å². The molecule has 0 aliphatic rings. The molecule has 0 radical (unpaired) electrons. The number of halogens is 3. The number of alkyl halides is 3. The fourth-order valence-electron chi connectivity index (χ4n) is 1.97. The summed E-state index contributed by atoms with van der Waals surface area (Å²) in [5, 5.41) is 0. The van der Waals surface area contributed by atoms with Crippen LogP contribution in [0.15, 0.2) is 30.5 Å². The maximum atomic E-state index is 13.2. The Balaban J connectivity index is 2.42. The van der Waals surface area contributed by atoms with E-state index in [9.17, 15) is 13.2 Å². The molecule has 0 atom stereocenters. The van der Waals surface area contributed by atoms with Gasteiger partial charge in [-0.05, 0) is 31.2 Å². The van der Waals surface area contributed by atoms with Gasteiger partial charge < -0.3 is 14.4 Å². The van der Waals surface area contributed by atoms with Crippen LogP contribution in [0.1, 0.15) is 12.5 Å². The predicted octanol–water partition coefficient (Wildman–Crippen LogP) is 3.67. The number of nitrogens with zero attached hydrogens (tertiary/aromatic N) is 3. The molecule has 0 amide bonds. The Morgan fingerprint density at radius 1 is 1.17 bits per heavy atom. The summed E-state index contributed by atoms with van der Waals surface area (Å²) in [6.07, 6.45) is -3.85. The molecule has 2 rings (SSSR count). The number of benzene rings is 1. The van der Waals surface area contributed by atoms with Crippen LogP contribution in [-0.4, -0.2) is 30.7 Å². The number of aromatic nitrogens is 2. The van der Waals surface area contributed by atoms with Crippen LogP contribution in [0.5, 0.6) is 11.8 Å². The molecule has 0 aliphatic heterocycles. The predicted molar refractivity (Wildman–Crippen MR) is 79.3 cm³/mol. The van der Waals surface area contributed by atoms with Crippen molar-refractivity contribution < 1.29 is 22.6 Å². The van der Waals surface area contributed by atoms with Crippen LogP contribution in [0.4, 0.5) is 24.7 Å². The van der Waals surface area contributed by atoms with Gasteiger partial charge in [0.2, 0.25) is 0 Å². The third-order valence-electron chi connectivity index (χ3n) is 3.09. The van der Waals surface area contributed by atoms with Crippen molar-refractivity contribution in [3.63, 3.8) is 0 Å². The van der Waals surface area contributed by atoms with Gasteiger partial charge in [0.15, 0.2) is 5.82 Å². The zero-order chi connectivity index (χ0) is 17.0. The lowest BCUT2D eigenvalue weighted by Gasteiger charge is -2.22. The van der Waals surface area contributed by atoms with E-state index in [2.05, 4.69) is 9.97 Å². The molecule has 124 valence electrons. The summed E-state index contributed by atoms with van der Waals surface area (Å²) in [5.41, 5.74) is -0.408. The fourth-order valence-corrected chi connectivity index (χ4v) is 1.97. The maximum absolute atomic E-state index is 13.2. The van der Waals surface area contributed by atoms with E-state index in [1.165, 1.54) is 19.1 Å². The van der Waals surface area contributed by atoms with Crippen molar-refractivity contribution in [2.75, 3.05) is 25.7 Å². The summed E-state index contributed by atoms with van der Waals surface area (Å²) in [4.78, 5) is 8.70. The second kappa shape index (κ2) is 6.72. The highest BCUT2D eigenvalue weighted by molar-refractivity contribution is 5.63. The van der Waals surface area contributed by atoms with Gasteiger partial charge in [-0.2, -0.15) is 18.2 Å². The van der Waals surface area contributed by atoms with Gasteiger partial charge in [-0.1, -0.05) is 0 Å². The lowest BCUT2D eigenvalue weighted by molar-refractivity contribution is -0.137. The topological polar surface area (TPSA) is 47.5 Å². The highest BCUT2D eigenvalue weighted by Gasteiger charge is 2.36. The van der Waals surface area contributed by atoms with Crippen LogP contribution in [0, 0.1) is 0 Å². The molecule has 0 unspecified atom stereocenters. The summed E-state index contributed by atoms with van der Waals surface area (Å²) in [6, 6.07) is 6.53. The monoisotopic (exact) mass is 327 g/mol. The SMILES string of the molecule is CCOc1ccc(N(C)c2nc(OC)ncc2C(F)(F)F)cc1. The Labute approximate surface area is 131 Å². The summed E-state index contributed by atoms with van der Waals surface area (Å²) < 4.78 is 49.6. The molecule has 23 heavy (non-hydrogen) atoms. The maximum Gasteiger partial charge on any atom is 0.421 e. The third-order valence-corrected chi connectivity index (χ3v) is 3.09. The molecule has 0 saturated carbocycles. The molecule has 8 heteroatoms. The lowest BCUT2D eigenvalue weighted by atomic mass is 10.2. The first kappa shape index (κ1) is 16.9. The molecule has 0 spiro atoms. The molecule has 0 aliphatic carbocycles. The number of ether oxygens (including phenoxy) is 2. The third kappa shape index (κ3) is 3.82. The Hall–Kier alpha value is -2.51. The van der Waals surface area contributed by atoms with Gasteiger partial charge in [-0.25, -0.2) is 4.98 Å². The molecule has 0 fully saturated rings. The Kier molecular flexibility index (Phi) is 4.92. The van der Waals surface area contributed by atoms with Crippen molar-refractivity contribution in [2.45, 2.75) is 13.1 Å². The normalized spacial score (nSPS) is 11.2. The minimum absolute atomic E-state index is 0.134. The average Bonchev–Trinajstić information content (AvgIpc) is 2.53. The van der Waals surface area contributed by atoms with Crippen molar-refractivity contribution in [3.8, 4) is 11.8 Å². The van der Waals surface area contributed by atoms with Crippen LogP contribution in [-0.2, 0) is 6.18 Å². The summed E-state index contributed by atoms with van der Waals surface area (Å²) in [7, 11) is 2.79. The second-order valence-corrected chi connectivity index (χ2v) is 4.58. The van der Waals surface area contributed by atoms with Crippen LogP contribution in [0.3, 0.4) is 0 Å². The van der Waals surface area contributed by atoms with Crippen LogP contribution in [0.25, 0.3) is 0 Å². The number of rotatable bonds is 5. The van der Waals surface area contributed by atoms with E-state index in [1.807, 2.05) is 6.92 Å². The first-order valence-electron chi connectivity index (χ1n) is 6.81. The first-order valence-corrected chi connectivity index (χ1v) is 6.81. The van der Waals surface area contributed by atoms with E-state index in [0.717, 1.165) is 0 Å². The van der Waals surface area contributed by atoms with Gasteiger partial charge in [0.1, 0.15) is 11.3 Å². The summed E-state index contributed by atoms with van der Waals surface area (Å²) >= 11 is 0. The van der Waals surface area contributed by atoms with Crippen molar-refractivity contribution in [1.29, 1.82) is 0 Å². The van der Waals surface area contributed by atoms with Gasteiger partial charge in [-0.3, -0.25) is 0 Å². The van der Waals surface area contributed by atoms with Crippen LogP contribution >= 0.6 is 0 Å². The Bertz CT molecular complexity index is 660. The molecule has 1 aromatic heterocycles. The van der Waals surface area contributed by atoms with Gasteiger partial charge >= 0.3 is 12.2 Å². The lowest BCUT2D eigenvalue weighted by Crippen LogP contribution is -2.19. The zero-order valence-electron chi connectivity index (χ0n) is 12.9. The molecule has 2 aromatic rings. The van der Waals surface area contributed by atoms with Crippen molar-refractivity contribution >= 4 is 11.5 Å². The van der Waals surface area contributed by atoms with Crippen LogP contribution in [0.2, 0.25) is 0 Å². The summed E-state index contributed by atoms with van der Waals surface area (Å²) in [5.74, 6) is 0.356. The van der Waals surface area contributed by atoms with Gasteiger partial charge in [0.25, 0.3) is 0 Å². The molecule has 5 nitrogen and oxygen atoms in total. The molecular formula is C15H16F3N3O2. The fraction of sp³-hybridized carbons (Fsp3) is 0.333. The van der Waals surface area contributed by atoms with Gasteiger partial charge in [0, 0.05) is 18.9 Å². The Morgan fingerprint density at radius 2 is 1.83 bits per heavy atom. The number of anilines is 2.